The van der Waals surface area contributed by atoms with Crippen LogP contribution in [0.3, 0.4) is 0 Å². The monoisotopic (exact) mass is 325 g/mol. The normalized spacial score (nSPS) is 15.3. The first-order valence-electron chi connectivity index (χ1n) is 7.62. The molecule has 0 bridgehead atoms. The van der Waals surface area contributed by atoms with Crippen LogP contribution in [-0.4, -0.2) is 18.4 Å². The van der Waals surface area contributed by atoms with Crippen LogP contribution in [0.25, 0.3) is 11.3 Å². The average Bonchev–Trinajstić information content (AvgIpc) is 2.85. The fourth-order valence-electron chi connectivity index (χ4n) is 2.81. The van der Waals surface area contributed by atoms with Gasteiger partial charge < -0.3 is 4.74 Å². The third-order valence-electron chi connectivity index (χ3n) is 3.75. The minimum absolute atomic E-state index is 0.202. The Morgan fingerprint density at radius 1 is 1.17 bits per heavy atom. The number of ether oxygens (including phenoxy) is 1. The fourth-order valence-corrected chi connectivity index (χ4v) is 2.81. The highest BCUT2D eigenvalue weighted by Crippen LogP contribution is 2.41. The molecule has 0 fully saturated rings. The maximum atomic E-state index is 13.8. The van der Waals surface area contributed by atoms with Gasteiger partial charge in [-0.25, -0.2) is 9.29 Å². The highest BCUT2D eigenvalue weighted by molar-refractivity contribution is 6.42. The van der Waals surface area contributed by atoms with Crippen molar-refractivity contribution in [1.82, 2.24) is 0 Å². The van der Waals surface area contributed by atoms with Gasteiger partial charge in [-0.15, -0.1) is 0 Å². The van der Waals surface area contributed by atoms with Gasteiger partial charge in [-0.1, -0.05) is 30.3 Å². The molecule has 0 unspecified atom stereocenters. The Balaban J connectivity index is 2.31. The number of hydrogen-bond donors (Lipinski definition) is 0. The van der Waals surface area contributed by atoms with E-state index in [9.17, 15) is 14.0 Å². The molecule has 0 aliphatic carbocycles. The van der Waals surface area contributed by atoms with Crippen molar-refractivity contribution in [2.45, 2.75) is 13.8 Å². The SMILES string of the molecule is CCO/C(=C1\C(=O)N(C(C)=O)c2ccc(F)cc21)c1ccccc1. The molecule has 0 aromatic heterocycles. The summed E-state index contributed by atoms with van der Waals surface area (Å²) >= 11 is 0. The zero-order valence-electron chi connectivity index (χ0n) is 13.4. The number of carbonyl (C=O) groups excluding carboxylic acids is 2. The van der Waals surface area contributed by atoms with Crippen molar-refractivity contribution in [3.05, 3.63) is 65.5 Å². The molecule has 0 radical (unpaired) electrons. The number of imide groups is 1. The van der Waals surface area contributed by atoms with E-state index < -0.39 is 17.6 Å². The number of nitrogens with zero attached hydrogens (tertiary/aromatic N) is 1. The largest absolute Gasteiger partial charge is 0.492 e. The summed E-state index contributed by atoms with van der Waals surface area (Å²) in [5.74, 6) is -1.06. The molecule has 0 saturated heterocycles. The predicted molar refractivity (Wildman–Crippen MR) is 89.4 cm³/mol. The molecule has 1 aliphatic heterocycles. The molecule has 2 aromatic carbocycles. The summed E-state index contributed by atoms with van der Waals surface area (Å²) in [5, 5.41) is 0. The van der Waals surface area contributed by atoms with Gasteiger partial charge >= 0.3 is 0 Å². The maximum absolute atomic E-state index is 13.8. The van der Waals surface area contributed by atoms with E-state index in [1.54, 1.807) is 19.1 Å². The summed E-state index contributed by atoms with van der Waals surface area (Å²) in [6.07, 6.45) is 0. The standard InChI is InChI=1S/C19H16FNO3/c1-3-24-18(13-7-5-4-6-8-13)17-15-11-14(20)9-10-16(15)21(12(2)22)19(17)23/h4-11H,3H2,1-2H3/b18-17-. The third kappa shape index (κ3) is 2.58. The van der Waals surface area contributed by atoms with Crippen molar-refractivity contribution in [2.24, 2.45) is 0 Å². The number of anilines is 1. The van der Waals surface area contributed by atoms with Crippen molar-refractivity contribution in [2.75, 3.05) is 11.5 Å². The van der Waals surface area contributed by atoms with E-state index >= 15 is 0 Å². The first kappa shape index (κ1) is 15.9. The Morgan fingerprint density at radius 3 is 2.50 bits per heavy atom. The van der Waals surface area contributed by atoms with E-state index in [4.69, 9.17) is 4.74 Å². The van der Waals surface area contributed by atoms with E-state index in [0.717, 1.165) is 4.90 Å². The lowest BCUT2D eigenvalue weighted by molar-refractivity contribution is -0.122. The van der Waals surface area contributed by atoms with E-state index in [1.165, 1.54) is 25.1 Å². The smallest absolute Gasteiger partial charge is 0.269 e. The Bertz CT molecular complexity index is 843. The van der Waals surface area contributed by atoms with E-state index in [-0.39, 0.29) is 5.57 Å². The van der Waals surface area contributed by atoms with Crippen molar-refractivity contribution in [3.8, 4) is 0 Å². The van der Waals surface area contributed by atoms with Gasteiger partial charge in [0.1, 0.15) is 11.6 Å². The van der Waals surface area contributed by atoms with Gasteiger partial charge in [0.15, 0.2) is 0 Å². The van der Waals surface area contributed by atoms with Crippen LogP contribution in [0.15, 0.2) is 48.5 Å². The van der Waals surface area contributed by atoms with Gasteiger partial charge in [-0.3, -0.25) is 9.59 Å². The Hall–Kier alpha value is -2.95. The van der Waals surface area contributed by atoms with Crippen LogP contribution >= 0.6 is 0 Å². The molecule has 5 heteroatoms. The van der Waals surface area contributed by atoms with Gasteiger partial charge in [0.25, 0.3) is 5.91 Å². The zero-order chi connectivity index (χ0) is 17.3. The lowest BCUT2D eigenvalue weighted by atomic mass is 10.0. The lowest BCUT2D eigenvalue weighted by Crippen LogP contribution is -2.31. The predicted octanol–water partition coefficient (Wildman–Crippen LogP) is 3.62. The second kappa shape index (κ2) is 6.28. The minimum Gasteiger partial charge on any atom is -0.492 e. The van der Waals surface area contributed by atoms with Crippen LogP contribution in [0.5, 0.6) is 0 Å². The molecular weight excluding hydrogens is 309 g/mol. The summed E-state index contributed by atoms with van der Waals surface area (Å²) in [4.78, 5) is 25.8. The van der Waals surface area contributed by atoms with Gasteiger partial charge in [0, 0.05) is 18.1 Å². The number of halogens is 1. The molecule has 0 atom stereocenters. The minimum atomic E-state index is -0.504. The van der Waals surface area contributed by atoms with E-state index in [2.05, 4.69) is 0 Å². The summed E-state index contributed by atoms with van der Waals surface area (Å²) in [6, 6.07) is 13.0. The van der Waals surface area contributed by atoms with E-state index in [1.807, 2.05) is 18.2 Å². The van der Waals surface area contributed by atoms with Gasteiger partial charge in [-0.05, 0) is 25.1 Å². The number of hydrogen-bond acceptors (Lipinski definition) is 3. The van der Waals surface area contributed by atoms with Crippen LogP contribution < -0.4 is 4.90 Å². The molecule has 2 amide bonds. The van der Waals surface area contributed by atoms with Gasteiger partial charge in [0.2, 0.25) is 5.91 Å². The molecule has 0 saturated carbocycles. The first-order valence-corrected chi connectivity index (χ1v) is 7.62. The topological polar surface area (TPSA) is 46.6 Å². The number of rotatable bonds is 3. The quantitative estimate of drug-likeness (QED) is 0.639. The average molecular weight is 325 g/mol. The molecule has 1 aliphatic rings. The molecule has 4 nitrogen and oxygen atoms in total. The highest BCUT2D eigenvalue weighted by atomic mass is 19.1. The second-order valence-electron chi connectivity index (χ2n) is 5.32. The van der Waals surface area contributed by atoms with Crippen LogP contribution in [0, 0.1) is 5.82 Å². The molecule has 24 heavy (non-hydrogen) atoms. The highest BCUT2D eigenvalue weighted by Gasteiger charge is 2.38. The Labute approximate surface area is 139 Å². The van der Waals surface area contributed by atoms with Crippen molar-refractivity contribution < 1.29 is 18.7 Å². The third-order valence-corrected chi connectivity index (χ3v) is 3.75. The zero-order valence-corrected chi connectivity index (χ0v) is 13.4. The summed E-state index contributed by atoms with van der Waals surface area (Å²) in [7, 11) is 0. The summed E-state index contributed by atoms with van der Waals surface area (Å²) in [5.41, 5.74) is 1.63. The first-order chi connectivity index (χ1) is 11.5. The van der Waals surface area contributed by atoms with Crippen LogP contribution in [-0.2, 0) is 14.3 Å². The lowest BCUT2D eigenvalue weighted by Gasteiger charge is -2.13. The molecule has 2 aromatic rings. The van der Waals surface area contributed by atoms with Crippen LogP contribution in [0.4, 0.5) is 10.1 Å². The molecule has 1 heterocycles. The maximum Gasteiger partial charge on any atom is 0.269 e. The van der Waals surface area contributed by atoms with E-state index in [0.29, 0.717) is 29.2 Å². The number of fused-ring (bicyclic) bond motifs is 1. The Kier molecular flexibility index (Phi) is 4.16. The van der Waals surface area contributed by atoms with Gasteiger partial charge in [-0.2, -0.15) is 0 Å². The number of carbonyl (C=O) groups is 2. The number of benzene rings is 2. The second-order valence-corrected chi connectivity index (χ2v) is 5.32. The van der Waals surface area contributed by atoms with Crippen molar-refractivity contribution >= 4 is 28.8 Å². The molecule has 0 spiro atoms. The van der Waals surface area contributed by atoms with Crippen LogP contribution in [0.2, 0.25) is 0 Å². The van der Waals surface area contributed by atoms with Gasteiger partial charge in [0.05, 0.1) is 17.9 Å². The van der Waals surface area contributed by atoms with Crippen molar-refractivity contribution in [3.63, 3.8) is 0 Å². The summed E-state index contributed by atoms with van der Waals surface area (Å²) in [6.45, 7) is 3.45. The van der Waals surface area contributed by atoms with Crippen LogP contribution in [0.1, 0.15) is 25.0 Å². The molecule has 122 valence electrons. The number of amides is 2. The molecule has 0 N–H and O–H groups in total. The molecular formula is C19H16FNO3. The van der Waals surface area contributed by atoms with Crippen molar-refractivity contribution in [1.29, 1.82) is 0 Å². The molecule has 3 rings (SSSR count). The Morgan fingerprint density at radius 2 is 1.88 bits per heavy atom. The summed E-state index contributed by atoms with van der Waals surface area (Å²) < 4.78 is 19.5. The fraction of sp³-hybridized carbons (Fsp3) is 0.158.